The van der Waals surface area contributed by atoms with Gasteiger partial charge in [0.1, 0.15) is 11.5 Å². The second-order valence-electron chi connectivity index (χ2n) is 2.53. The van der Waals surface area contributed by atoms with Gasteiger partial charge in [-0.3, -0.25) is 0 Å². The molecule has 0 aliphatic heterocycles. The highest BCUT2D eigenvalue weighted by Crippen LogP contribution is 2.25. The lowest BCUT2D eigenvalue weighted by atomic mass is 10.1. The van der Waals surface area contributed by atoms with Gasteiger partial charge in [-0.05, 0) is 25.1 Å². The smallest absolute Gasteiger partial charge is 0.120 e. The van der Waals surface area contributed by atoms with E-state index in [1.165, 1.54) is 18.2 Å². The number of benzene rings is 1. The van der Waals surface area contributed by atoms with Crippen LogP contribution in [0.2, 0.25) is 0 Å². The molecule has 0 aliphatic carbocycles. The summed E-state index contributed by atoms with van der Waals surface area (Å²) >= 11 is 0. The van der Waals surface area contributed by atoms with Gasteiger partial charge < -0.3 is 15.9 Å². The van der Waals surface area contributed by atoms with Crippen LogP contribution < -0.4 is 5.73 Å². The zero-order chi connectivity index (χ0) is 8.43. The van der Waals surface area contributed by atoms with Gasteiger partial charge >= 0.3 is 0 Å². The summed E-state index contributed by atoms with van der Waals surface area (Å²) in [5.74, 6) is 0.243. The molecule has 0 radical (unpaired) electrons. The summed E-state index contributed by atoms with van der Waals surface area (Å²) < 4.78 is 0. The van der Waals surface area contributed by atoms with E-state index in [0.717, 1.165) is 0 Å². The molecule has 1 rings (SSSR count). The summed E-state index contributed by atoms with van der Waals surface area (Å²) in [7, 11) is 0. The number of hydrogen-bond donors (Lipinski definition) is 3. The molecular weight excluding hydrogens is 178 g/mol. The molecular formula is C8H12ClNO2. The fraction of sp³-hybridized carbons (Fsp3) is 0.250. The van der Waals surface area contributed by atoms with Gasteiger partial charge in [0.05, 0.1) is 0 Å². The molecule has 0 aliphatic rings. The number of aromatic hydroxyl groups is 2. The Balaban J connectivity index is 0.00000121. The molecule has 0 saturated heterocycles. The summed E-state index contributed by atoms with van der Waals surface area (Å²) in [6.45, 7) is 1.74. The Morgan fingerprint density at radius 2 is 1.92 bits per heavy atom. The molecule has 0 bridgehead atoms. The lowest BCUT2D eigenvalue weighted by Gasteiger charge is -2.07. The van der Waals surface area contributed by atoms with Gasteiger partial charge in [0.2, 0.25) is 0 Å². The number of halogens is 1. The summed E-state index contributed by atoms with van der Waals surface area (Å²) in [5, 5.41) is 18.2. The Hall–Kier alpha value is -0.930. The lowest BCUT2D eigenvalue weighted by Crippen LogP contribution is -2.04. The number of hydrogen-bond acceptors (Lipinski definition) is 3. The second kappa shape index (κ2) is 4.18. The fourth-order valence-corrected chi connectivity index (χ4v) is 0.907. The Bertz CT molecular complexity index is 263. The maximum atomic E-state index is 9.21. The first-order valence-corrected chi connectivity index (χ1v) is 3.38. The number of phenolic OH excluding ortho intramolecular Hbond substituents is 2. The fourth-order valence-electron chi connectivity index (χ4n) is 0.907. The zero-order valence-electron chi connectivity index (χ0n) is 6.69. The minimum absolute atomic E-state index is 0. The molecule has 3 nitrogen and oxygen atoms in total. The first-order valence-electron chi connectivity index (χ1n) is 3.38. The lowest BCUT2D eigenvalue weighted by molar-refractivity contribution is 0.450. The first-order chi connectivity index (χ1) is 5.11. The van der Waals surface area contributed by atoms with Crippen molar-refractivity contribution in [1.29, 1.82) is 0 Å². The maximum Gasteiger partial charge on any atom is 0.120 e. The van der Waals surface area contributed by atoms with Gasteiger partial charge in [-0.1, -0.05) is 0 Å². The van der Waals surface area contributed by atoms with Gasteiger partial charge in [-0.25, -0.2) is 0 Å². The Morgan fingerprint density at radius 3 is 2.33 bits per heavy atom. The van der Waals surface area contributed by atoms with Crippen molar-refractivity contribution in [3.05, 3.63) is 23.8 Å². The molecule has 12 heavy (non-hydrogen) atoms. The van der Waals surface area contributed by atoms with Crippen LogP contribution in [0.4, 0.5) is 0 Å². The Morgan fingerprint density at radius 1 is 1.33 bits per heavy atom. The van der Waals surface area contributed by atoms with E-state index >= 15 is 0 Å². The van der Waals surface area contributed by atoms with Crippen molar-refractivity contribution in [2.75, 3.05) is 0 Å². The van der Waals surface area contributed by atoms with E-state index in [1.807, 2.05) is 0 Å². The van der Waals surface area contributed by atoms with E-state index in [0.29, 0.717) is 5.56 Å². The van der Waals surface area contributed by atoms with Crippen molar-refractivity contribution in [2.45, 2.75) is 13.0 Å². The first kappa shape index (κ1) is 11.1. The summed E-state index contributed by atoms with van der Waals surface area (Å²) in [5.41, 5.74) is 6.07. The minimum atomic E-state index is -0.262. The summed E-state index contributed by atoms with van der Waals surface area (Å²) in [6.07, 6.45) is 0. The number of phenols is 2. The van der Waals surface area contributed by atoms with E-state index < -0.39 is 0 Å². The molecule has 0 fully saturated rings. The van der Waals surface area contributed by atoms with E-state index in [1.54, 1.807) is 6.92 Å². The monoisotopic (exact) mass is 189 g/mol. The van der Waals surface area contributed by atoms with Gasteiger partial charge in [0, 0.05) is 11.6 Å². The molecule has 0 amide bonds. The summed E-state index contributed by atoms with van der Waals surface area (Å²) in [4.78, 5) is 0. The predicted molar refractivity (Wildman–Crippen MR) is 49.6 cm³/mol. The van der Waals surface area contributed by atoms with Crippen LogP contribution in [0.1, 0.15) is 18.5 Å². The molecule has 0 aromatic heterocycles. The van der Waals surface area contributed by atoms with Crippen LogP contribution in [0.15, 0.2) is 18.2 Å². The van der Waals surface area contributed by atoms with Gasteiger partial charge in [-0.2, -0.15) is 0 Å². The molecule has 1 atom stereocenters. The molecule has 0 unspecified atom stereocenters. The second-order valence-corrected chi connectivity index (χ2v) is 2.53. The van der Waals surface area contributed by atoms with Crippen LogP contribution in [-0.2, 0) is 0 Å². The molecule has 0 saturated carbocycles. The molecule has 0 heterocycles. The van der Waals surface area contributed by atoms with Crippen LogP contribution >= 0.6 is 12.4 Å². The van der Waals surface area contributed by atoms with E-state index in [9.17, 15) is 5.11 Å². The zero-order valence-corrected chi connectivity index (χ0v) is 7.51. The average Bonchev–Trinajstić information content (AvgIpc) is 1.94. The number of rotatable bonds is 1. The van der Waals surface area contributed by atoms with Crippen molar-refractivity contribution in [3.8, 4) is 11.5 Å². The highest BCUT2D eigenvalue weighted by Gasteiger charge is 2.05. The van der Waals surface area contributed by atoms with Crippen molar-refractivity contribution in [2.24, 2.45) is 5.73 Å². The van der Waals surface area contributed by atoms with Gasteiger partial charge in [0.15, 0.2) is 0 Å². The van der Waals surface area contributed by atoms with E-state index in [4.69, 9.17) is 10.8 Å². The van der Waals surface area contributed by atoms with Crippen molar-refractivity contribution < 1.29 is 10.2 Å². The third-order valence-corrected chi connectivity index (χ3v) is 1.50. The van der Waals surface area contributed by atoms with E-state index in [-0.39, 0.29) is 29.9 Å². The molecule has 4 heteroatoms. The average molecular weight is 190 g/mol. The van der Waals surface area contributed by atoms with Crippen LogP contribution in [-0.4, -0.2) is 10.2 Å². The van der Waals surface area contributed by atoms with Crippen LogP contribution in [0, 0.1) is 0 Å². The molecule has 0 spiro atoms. The van der Waals surface area contributed by atoms with Gasteiger partial charge in [0.25, 0.3) is 0 Å². The maximum absolute atomic E-state index is 9.21. The topological polar surface area (TPSA) is 66.5 Å². The summed E-state index contributed by atoms with van der Waals surface area (Å²) in [6, 6.07) is 4.04. The van der Waals surface area contributed by atoms with Crippen LogP contribution in [0.3, 0.4) is 0 Å². The standard InChI is InChI=1S/C8H11NO2.ClH/c1-5(9)7-4-6(10)2-3-8(7)11;/h2-5,10-11H,9H2,1H3;1H/t5-;/m1./s1. The van der Waals surface area contributed by atoms with Crippen LogP contribution in [0.5, 0.6) is 11.5 Å². The third-order valence-electron chi connectivity index (χ3n) is 1.50. The molecule has 4 N–H and O–H groups in total. The highest BCUT2D eigenvalue weighted by molar-refractivity contribution is 5.85. The quantitative estimate of drug-likeness (QED) is 0.587. The van der Waals surface area contributed by atoms with Crippen molar-refractivity contribution in [1.82, 2.24) is 0 Å². The minimum Gasteiger partial charge on any atom is -0.508 e. The Kier molecular flexibility index (Phi) is 3.86. The number of nitrogens with two attached hydrogens (primary N) is 1. The van der Waals surface area contributed by atoms with E-state index in [2.05, 4.69) is 0 Å². The molecule has 1 aromatic carbocycles. The third kappa shape index (κ3) is 2.29. The van der Waals surface area contributed by atoms with Crippen molar-refractivity contribution in [3.63, 3.8) is 0 Å². The predicted octanol–water partition coefficient (Wildman–Crippen LogP) is 1.54. The van der Waals surface area contributed by atoms with Gasteiger partial charge in [-0.15, -0.1) is 12.4 Å². The molecule has 68 valence electrons. The normalized spacial score (nSPS) is 11.8. The molecule has 1 aromatic rings. The SMILES string of the molecule is C[C@@H](N)c1cc(O)ccc1O.Cl. The van der Waals surface area contributed by atoms with Crippen molar-refractivity contribution >= 4 is 12.4 Å². The highest BCUT2D eigenvalue weighted by atomic mass is 35.5. The van der Waals surface area contributed by atoms with Crippen LogP contribution in [0.25, 0.3) is 0 Å². The largest absolute Gasteiger partial charge is 0.508 e. The Labute approximate surface area is 77.2 Å².